The van der Waals surface area contributed by atoms with Crippen LogP contribution in [-0.2, 0) is 10.0 Å². The van der Waals surface area contributed by atoms with Gasteiger partial charge in [0, 0.05) is 31.5 Å². The quantitative estimate of drug-likeness (QED) is 0.590. The summed E-state index contributed by atoms with van der Waals surface area (Å²) in [6, 6.07) is 7.39. The lowest BCUT2D eigenvalue weighted by molar-refractivity contribution is -0.187. The van der Waals surface area contributed by atoms with Gasteiger partial charge >= 0.3 is 6.18 Å². The Bertz CT molecular complexity index is 789. The van der Waals surface area contributed by atoms with Gasteiger partial charge in [-0.15, -0.1) is 11.6 Å². The molecule has 11 heteroatoms. The van der Waals surface area contributed by atoms with Crippen LogP contribution in [0.15, 0.2) is 30.3 Å². The van der Waals surface area contributed by atoms with E-state index in [0.29, 0.717) is 4.31 Å². The molecule has 0 heterocycles. The number of hydrogen-bond donors (Lipinski definition) is 1. The van der Waals surface area contributed by atoms with Gasteiger partial charge in [-0.1, -0.05) is 18.2 Å². The highest BCUT2D eigenvalue weighted by Gasteiger charge is 2.62. The molecule has 1 aliphatic carbocycles. The summed E-state index contributed by atoms with van der Waals surface area (Å²) in [7, 11) is -2.32. The van der Waals surface area contributed by atoms with Crippen molar-refractivity contribution in [3.8, 4) is 0 Å². The maximum Gasteiger partial charge on any atom is 0.393 e. The third-order valence-corrected chi connectivity index (χ3v) is 7.49. The smallest absolute Gasteiger partial charge is 0.329 e. The lowest BCUT2D eigenvalue weighted by Gasteiger charge is -2.45. The molecule has 0 aliphatic heterocycles. The number of rotatable bonds is 4. The Kier molecular flexibility index (Phi) is 6.13. The molecule has 5 nitrogen and oxygen atoms in total. The van der Waals surface area contributed by atoms with E-state index in [9.17, 15) is 26.4 Å². The molecule has 1 aliphatic rings. The van der Waals surface area contributed by atoms with E-state index in [1.54, 1.807) is 6.07 Å². The number of carbonyl (C=O) groups is 1. The average Bonchev–Trinajstić information content (AvgIpc) is 2.57. The molecule has 0 spiro atoms. The van der Waals surface area contributed by atoms with E-state index in [-0.39, 0.29) is 5.56 Å². The highest BCUT2D eigenvalue weighted by atomic mass is 35.5. The lowest BCUT2D eigenvalue weighted by Crippen LogP contribution is -2.67. The lowest BCUT2D eigenvalue weighted by atomic mass is 9.83. The van der Waals surface area contributed by atoms with Crippen LogP contribution >= 0.6 is 11.6 Å². The predicted octanol–water partition coefficient (Wildman–Crippen LogP) is 2.92. The minimum absolute atomic E-state index is 0.0436. The zero-order chi connectivity index (χ0) is 20.6. The highest BCUT2D eigenvalue weighted by Crippen LogP contribution is 2.47. The molecule has 0 aromatic heterocycles. The van der Waals surface area contributed by atoms with Gasteiger partial charge < -0.3 is 5.32 Å². The number of carbonyl (C=O) groups excluding carboxylic acids is 1. The molecule has 1 fully saturated rings. The van der Waals surface area contributed by atoms with Crippen molar-refractivity contribution in [2.24, 2.45) is 5.92 Å². The Labute approximate surface area is 159 Å². The van der Waals surface area contributed by atoms with Crippen LogP contribution in [0, 0.1) is 5.92 Å². The Morgan fingerprint density at radius 2 is 1.81 bits per heavy atom. The first-order valence-corrected chi connectivity index (χ1v) is 9.85. The van der Waals surface area contributed by atoms with Gasteiger partial charge in [0.05, 0.1) is 5.92 Å². The molecule has 27 heavy (non-hydrogen) atoms. The van der Waals surface area contributed by atoms with Crippen molar-refractivity contribution < 1.29 is 30.8 Å². The highest BCUT2D eigenvalue weighted by molar-refractivity contribution is 7.90. The fourth-order valence-electron chi connectivity index (χ4n) is 3.10. The fourth-order valence-corrected chi connectivity index (χ4v) is 5.36. The van der Waals surface area contributed by atoms with Gasteiger partial charge in [-0.2, -0.15) is 13.2 Å². The normalized spacial score (nSPS) is 29.6. The van der Waals surface area contributed by atoms with Crippen molar-refractivity contribution in [1.82, 2.24) is 9.62 Å². The minimum atomic E-state index is -4.78. The van der Waals surface area contributed by atoms with Crippen LogP contribution in [0.1, 0.15) is 23.2 Å². The average molecular weight is 431 g/mol. The Hall–Kier alpha value is -1.39. The number of nitrogens with one attached hydrogen (secondary N) is 1. The summed E-state index contributed by atoms with van der Waals surface area (Å²) in [4.78, 5) is 9.89. The molecule has 0 radical (unpaired) electrons. The molecule has 2 rings (SSSR count). The summed E-state index contributed by atoms with van der Waals surface area (Å²) in [6.07, 6.45) is -9.37. The fraction of sp³-hybridized carbons (Fsp3) is 0.562. The van der Waals surface area contributed by atoms with Crippen LogP contribution in [0.3, 0.4) is 0 Å². The first kappa shape index (κ1) is 21.9. The molecule has 1 aromatic carbocycles. The largest absolute Gasteiger partial charge is 0.393 e. The van der Waals surface area contributed by atoms with Crippen molar-refractivity contribution in [3.63, 3.8) is 0 Å². The molecule has 152 valence electrons. The molecule has 1 amide bonds. The minimum Gasteiger partial charge on any atom is -0.329 e. The van der Waals surface area contributed by atoms with Crippen molar-refractivity contribution in [3.05, 3.63) is 35.9 Å². The third-order valence-electron chi connectivity index (χ3n) is 4.62. The summed E-state index contributed by atoms with van der Waals surface area (Å²) in [5.41, 5.74) is 0.0436. The van der Waals surface area contributed by atoms with E-state index < -0.39 is 57.3 Å². The number of nitrogens with zero attached hydrogens (tertiary/aromatic N) is 1. The molecule has 0 bridgehead atoms. The van der Waals surface area contributed by atoms with Gasteiger partial charge in [-0.25, -0.2) is 17.1 Å². The van der Waals surface area contributed by atoms with Gasteiger partial charge in [0.15, 0.2) is 4.87 Å². The number of amides is 1. The second-order valence-electron chi connectivity index (χ2n) is 6.57. The van der Waals surface area contributed by atoms with E-state index >= 15 is 4.39 Å². The summed E-state index contributed by atoms with van der Waals surface area (Å²) in [5.74, 6) is -3.13. The molecular weight excluding hydrogens is 412 g/mol. The molecule has 1 saturated carbocycles. The Morgan fingerprint density at radius 1 is 1.26 bits per heavy atom. The molecular formula is C16H19ClF4N2O3S. The van der Waals surface area contributed by atoms with Crippen LogP contribution in [0.5, 0.6) is 0 Å². The van der Waals surface area contributed by atoms with E-state index in [1.807, 2.05) is 0 Å². The first-order chi connectivity index (χ1) is 12.3. The van der Waals surface area contributed by atoms with E-state index in [1.165, 1.54) is 24.3 Å². The molecule has 1 N–H and O–H groups in total. The predicted molar refractivity (Wildman–Crippen MR) is 92.6 cm³/mol. The van der Waals surface area contributed by atoms with Crippen LogP contribution < -0.4 is 5.32 Å². The number of hydrogen-bond acceptors (Lipinski definition) is 3. The Balaban J connectivity index is 2.48. The summed E-state index contributed by atoms with van der Waals surface area (Å²) < 4.78 is 80.6. The second-order valence-corrected chi connectivity index (χ2v) is 9.54. The molecule has 0 saturated heterocycles. The monoisotopic (exact) mass is 430 g/mol. The number of benzene rings is 1. The summed E-state index contributed by atoms with van der Waals surface area (Å²) in [5, 5.41) is 0.407. The van der Waals surface area contributed by atoms with Crippen molar-refractivity contribution in [1.29, 1.82) is 0 Å². The van der Waals surface area contributed by atoms with Crippen LogP contribution in [0.4, 0.5) is 17.6 Å². The van der Waals surface area contributed by atoms with Crippen LogP contribution in [-0.4, -0.2) is 55.3 Å². The Morgan fingerprint density at radius 3 is 2.30 bits per heavy atom. The van der Waals surface area contributed by atoms with Gasteiger partial charge in [-0.3, -0.25) is 4.79 Å². The zero-order valence-corrected chi connectivity index (χ0v) is 16.1. The summed E-state index contributed by atoms with van der Waals surface area (Å²) in [6.45, 7) is 0. The van der Waals surface area contributed by atoms with E-state index in [0.717, 1.165) is 14.1 Å². The molecule has 4 unspecified atom stereocenters. The van der Waals surface area contributed by atoms with Crippen molar-refractivity contribution >= 4 is 27.5 Å². The summed E-state index contributed by atoms with van der Waals surface area (Å²) >= 11 is 5.84. The number of alkyl halides is 5. The van der Waals surface area contributed by atoms with Crippen molar-refractivity contribution in [2.45, 2.75) is 35.4 Å². The zero-order valence-electron chi connectivity index (χ0n) is 14.5. The number of halogens is 5. The van der Waals surface area contributed by atoms with Gasteiger partial charge in [-0.05, 0) is 18.6 Å². The maximum absolute atomic E-state index is 15.0. The number of sulfonamides is 1. The van der Waals surface area contributed by atoms with E-state index in [4.69, 9.17) is 11.6 Å². The molecule has 1 aromatic rings. The topological polar surface area (TPSA) is 66.5 Å². The maximum atomic E-state index is 15.0. The SMILES string of the molecule is CN(C)S(=O)(=O)C1(NC(=O)c2ccccc2)CC(Cl)C(C(F)(F)F)CC1F. The van der Waals surface area contributed by atoms with Gasteiger partial charge in [0.1, 0.15) is 6.17 Å². The van der Waals surface area contributed by atoms with Crippen LogP contribution in [0.2, 0.25) is 0 Å². The third kappa shape index (κ3) is 4.07. The second kappa shape index (κ2) is 7.56. The first-order valence-electron chi connectivity index (χ1n) is 7.97. The standard InChI is InChI=1S/C16H19ClF4N2O3S/c1-23(2)27(25,26)15(22-14(24)10-6-4-3-5-7-10)9-12(17)11(8-13(15)18)16(19,20)21/h3-7,11-13H,8-9H2,1-2H3,(H,22,24). The van der Waals surface area contributed by atoms with Crippen molar-refractivity contribution in [2.75, 3.05) is 14.1 Å². The van der Waals surface area contributed by atoms with Crippen LogP contribution in [0.25, 0.3) is 0 Å². The van der Waals surface area contributed by atoms with Gasteiger partial charge in [0.25, 0.3) is 5.91 Å². The van der Waals surface area contributed by atoms with E-state index in [2.05, 4.69) is 5.32 Å². The molecule has 4 atom stereocenters. The van der Waals surface area contributed by atoms with Gasteiger partial charge in [0.2, 0.25) is 10.0 Å².